The Kier molecular flexibility index (Phi) is 3.75. The molecule has 0 radical (unpaired) electrons. The van der Waals surface area contributed by atoms with Gasteiger partial charge in [0.15, 0.2) is 9.84 Å². The Hall–Kier alpha value is -1.77. The van der Waals surface area contributed by atoms with Gasteiger partial charge in [0.25, 0.3) is 5.89 Å². The number of sulfone groups is 1. The van der Waals surface area contributed by atoms with Crippen LogP contribution in [0.25, 0.3) is 11.4 Å². The van der Waals surface area contributed by atoms with Crippen molar-refractivity contribution in [1.29, 1.82) is 0 Å². The van der Waals surface area contributed by atoms with Gasteiger partial charge in [0.2, 0.25) is 5.82 Å². The van der Waals surface area contributed by atoms with Gasteiger partial charge >= 0.3 is 0 Å². The summed E-state index contributed by atoms with van der Waals surface area (Å²) in [7, 11) is -3.21. The average Bonchev–Trinajstić information content (AvgIpc) is 2.97. The number of hydrogen-bond acceptors (Lipinski definition) is 7. The molecule has 1 N–H and O–H groups in total. The first-order valence-electron chi connectivity index (χ1n) is 6.50. The summed E-state index contributed by atoms with van der Waals surface area (Å²) in [5.74, 6) is 0.837. The van der Waals surface area contributed by atoms with Gasteiger partial charge in [-0.15, -0.1) is 0 Å². The highest BCUT2D eigenvalue weighted by molar-refractivity contribution is 7.90. The minimum absolute atomic E-state index is 0.240. The Bertz CT molecular complexity index is 718. The maximum Gasteiger partial charge on any atom is 0.257 e. The highest BCUT2D eigenvalue weighted by atomic mass is 32.2. The van der Waals surface area contributed by atoms with Crippen molar-refractivity contribution in [2.24, 2.45) is 0 Å². The smallest absolute Gasteiger partial charge is 0.257 e. The Morgan fingerprint density at radius 1 is 1.29 bits per heavy atom. The van der Waals surface area contributed by atoms with Crippen LogP contribution in [0.3, 0.4) is 0 Å². The number of hydrogen-bond donors (Lipinski definition) is 1. The second kappa shape index (κ2) is 5.55. The van der Waals surface area contributed by atoms with E-state index in [0.717, 1.165) is 6.54 Å². The minimum atomic E-state index is -3.21. The largest absolute Gasteiger partial charge is 0.366 e. The lowest BCUT2D eigenvalue weighted by molar-refractivity contribution is 0.00755. The zero-order chi connectivity index (χ0) is 14.9. The van der Waals surface area contributed by atoms with Crippen molar-refractivity contribution in [2.45, 2.75) is 11.0 Å². The number of benzene rings is 1. The Morgan fingerprint density at radius 2 is 2.05 bits per heavy atom. The molecule has 2 aromatic rings. The van der Waals surface area contributed by atoms with Gasteiger partial charge in [-0.25, -0.2) is 8.42 Å². The number of aromatic nitrogens is 2. The van der Waals surface area contributed by atoms with Crippen LogP contribution < -0.4 is 5.32 Å². The first-order chi connectivity index (χ1) is 10.0. The summed E-state index contributed by atoms with van der Waals surface area (Å²) in [4.78, 5) is 4.56. The minimum Gasteiger partial charge on any atom is -0.366 e. The fourth-order valence-corrected chi connectivity index (χ4v) is 2.69. The molecular formula is C13H15N3O4S. The van der Waals surface area contributed by atoms with Crippen molar-refractivity contribution in [2.75, 3.05) is 26.0 Å². The van der Waals surface area contributed by atoms with Gasteiger partial charge < -0.3 is 14.6 Å². The summed E-state index contributed by atoms with van der Waals surface area (Å²) in [6, 6.07) is 6.37. The number of morpholine rings is 1. The van der Waals surface area contributed by atoms with E-state index in [0.29, 0.717) is 30.4 Å². The van der Waals surface area contributed by atoms with Crippen LogP contribution in [-0.4, -0.2) is 44.5 Å². The summed E-state index contributed by atoms with van der Waals surface area (Å²) in [5, 5.41) is 7.10. The van der Waals surface area contributed by atoms with Gasteiger partial charge in [0, 0.05) is 24.9 Å². The highest BCUT2D eigenvalue weighted by Gasteiger charge is 2.22. The maximum atomic E-state index is 11.4. The third-order valence-electron chi connectivity index (χ3n) is 3.19. The third-order valence-corrected chi connectivity index (χ3v) is 4.31. The molecule has 7 nitrogen and oxygen atoms in total. The molecule has 1 aliphatic rings. The molecule has 1 aromatic heterocycles. The summed E-state index contributed by atoms with van der Waals surface area (Å²) in [6.07, 6.45) is 0.928. The van der Waals surface area contributed by atoms with E-state index in [2.05, 4.69) is 15.5 Å². The van der Waals surface area contributed by atoms with E-state index in [1.54, 1.807) is 12.1 Å². The lowest BCUT2D eigenvalue weighted by Crippen LogP contribution is -2.33. The number of rotatable bonds is 3. The summed E-state index contributed by atoms with van der Waals surface area (Å²) >= 11 is 0. The molecule has 0 saturated carbocycles. The van der Waals surface area contributed by atoms with Crippen molar-refractivity contribution in [3.63, 3.8) is 0 Å². The van der Waals surface area contributed by atoms with Crippen LogP contribution in [0.1, 0.15) is 12.0 Å². The Balaban J connectivity index is 1.82. The van der Waals surface area contributed by atoms with Gasteiger partial charge in [-0.3, -0.25) is 0 Å². The molecule has 112 valence electrons. The van der Waals surface area contributed by atoms with E-state index in [-0.39, 0.29) is 11.0 Å². The summed E-state index contributed by atoms with van der Waals surface area (Å²) in [5.41, 5.74) is 0.696. The van der Waals surface area contributed by atoms with Crippen molar-refractivity contribution >= 4 is 9.84 Å². The molecule has 1 aromatic carbocycles. The van der Waals surface area contributed by atoms with Crippen LogP contribution in [0.2, 0.25) is 0 Å². The Labute approximate surface area is 122 Å². The van der Waals surface area contributed by atoms with Gasteiger partial charge in [-0.05, 0) is 24.3 Å². The molecule has 0 bridgehead atoms. The van der Waals surface area contributed by atoms with Crippen LogP contribution in [0.5, 0.6) is 0 Å². The van der Waals surface area contributed by atoms with Crippen molar-refractivity contribution in [3.05, 3.63) is 30.2 Å². The molecule has 3 rings (SSSR count). The lowest BCUT2D eigenvalue weighted by atomic mass is 10.2. The standard InChI is InChI=1S/C13H15N3O4S/c1-21(17,18)10-4-2-9(3-5-10)12-15-13(20-16-12)11-8-14-6-7-19-11/h2-5,11,14H,6-8H2,1H3/t11-/m0/s1. The summed E-state index contributed by atoms with van der Waals surface area (Å²) in [6.45, 7) is 2.05. The molecular weight excluding hydrogens is 294 g/mol. The van der Waals surface area contributed by atoms with Crippen LogP contribution in [0.4, 0.5) is 0 Å². The third kappa shape index (κ3) is 3.12. The molecule has 0 amide bonds. The van der Waals surface area contributed by atoms with E-state index >= 15 is 0 Å². The molecule has 1 atom stereocenters. The number of nitrogens with one attached hydrogen (secondary N) is 1. The highest BCUT2D eigenvalue weighted by Crippen LogP contribution is 2.22. The average molecular weight is 309 g/mol. The zero-order valence-corrected chi connectivity index (χ0v) is 12.3. The summed E-state index contributed by atoms with van der Waals surface area (Å²) < 4.78 is 33.6. The van der Waals surface area contributed by atoms with E-state index in [4.69, 9.17) is 9.26 Å². The van der Waals surface area contributed by atoms with E-state index in [1.807, 2.05) is 0 Å². The van der Waals surface area contributed by atoms with Crippen molar-refractivity contribution in [1.82, 2.24) is 15.5 Å². The van der Waals surface area contributed by atoms with Crippen LogP contribution in [-0.2, 0) is 14.6 Å². The van der Waals surface area contributed by atoms with E-state index in [1.165, 1.54) is 18.4 Å². The number of ether oxygens (including phenoxy) is 1. The normalized spacial score (nSPS) is 19.6. The second-order valence-electron chi connectivity index (χ2n) is 4.82. The van der Waals surface area contributed by atoms with Gasteiger partial charge in [-0.2, -0.15) is 4.98 Å². The predicted molar refractivity (Wildman–Crippen MR) is 74.4 cm³/mol. The molecule has 1 saturated heterocycles. The van der Waals surface area contributed by atoms with Gasteiger partial charge in [-0.1, -0.05) is 5.16 Å². The molecule has 1 aliphatic heterocycles. The second-order valence-corrected chi connectivity index (χ2v) is 6.83. The molecule has 21 heavy (non-hydrogen) atoms. The SMILES string of the molecule is CS(=O)(=O)c1ccc(-c2noc([C@@H]3CNCCO3)n2)cc1. The first kappa shape index (κ1) is 14.2. The van der Waals surface area contributed by atoms with Gasteiger partial charge in [0.05, 0.1) is 11.5 Å². The molecule has 0 aliphatic carbocycles. The molecule has 8 heteroatoms. The van der Waals surface area contributed by atoms with Crippen LogP contribution in [0.15, 0.2) is 33.7 Å². The monoisotopic (exact) mass is 309 g/mol. The van der Waals surface area contributed by atoms with Crippen molar-refractivity contribution in [3.8, 4) is 11.4 Å². The zero-order valence-electron chi connectivity index (χ0n) is 11.4. The fourth-order valence-electron chi connectivity index (χ4n) is 2.06. The molecule has 0 spiro atoms. The van der Waals surface area contributed by atoms with Crippen LogP contribution >= 0.6 is 0 Å². The molecule has 2 heterocycles. The van der Waals surface area contributed by atoms with Crippen LogP contribution in [0, 0.1) is 0 Å². The van der Waals surface area contributed by atoms with E-state index in [9.17, 15) is 8.42 Å². The lowest BCUT2D eigenvalue weighted by Gasteiger charge is -2.19. The molecule has 0 unspecified atom stereocenters. The predicted octanol–water partition coefficient (Wildman–Crippen LogP) is 0.801. The molecule has 1 fully saturated rings. The van der Waals surface area contributed by atoms with Crippen molar-refractivity contribution < 1.29 is 17.7 Å². The topological polar surface area (TPSA) is 94.3 Å². The number of nitrogens with zero attached hydrogens (tertiary/aromatic N) is 2. The van der Waals surface area contributed by atoms with E-state index < -0.39 is 9.84 Å². The maximum absolute atomic E-state index is 11.4. The quantitative estimate of drug-likeness (QED) is 0.896. The Morgan fingerprint density at radius 3 is 2.67 bits per heavy atom. The first-order valence-corrected chi connectivity index (χ1v) is 8.39. The van der Waals surface area contributed by atoms with Gasteiger partial charge in [0.1, 0.15) is 6.10 Å². The fraction of sp³-hybridized carbons (Fsp3) is 0.385.